The molecule has 98 valence electrons. The maximum absolute atomic E-state index is 3.65. The first kappa shape index (κ1) is 12.2. The Morgan fingerprint density at radius 3 is 2.89 bits per heavy atom. The van der Waals surface area contributed by atoms with Gasteiger partial charge in [-0.2, -0.15) is 0 Å². The Labute approximate surface area is 110 Å². The molecule has 3 unspecified atom stereocenters. The van der Waals surface area contributed by atoms with Crippen molar-refractivity contribution in [2.45, 2.75) is 38.3 Å². The first-order chi connectivity index (χ1) is 8.88. The molecule has 2 heteroatoms. The normalized spacial score (nSPS) is 30.1. The van der Waals surface area contributed by atoms with Crippen molar-refractivity contribution in [2.24, 2.45) is 5.92 Å². The van der Waals surface area contributed by atoms with E-state index in [9.17, 15) is 0 Å². The van der Waals surface area contributed by atoms with E-state index in [2.05, 4.69) is 47.5 Å². The zero-order valence-corrected chi connectivity index (χ0v) is 11.3. The van der Waals surface area contributed by atoms with Crippen LogP contribution in [0.5, 0.6) is 0 Å². The van der Waals surface area contributed by atoms with Crippen molar-refractivity contribution in [3.05, 3.63) is 35.9 Å². The standard InChI is InChI=1S/C16H24N2/c1-2-16(13-6-4-3-5-7-13)18-11-9-15-14(12-18)8-10-17-15/h3-7,14-17H,2,8-12H2,1H3. The van der Waals surface area contributed by atoms with Gasteiger partial charge in [-0.1, -0.05) is 37.3 Å². The zero-order valence-electron chi connectivity index (χ0n) is 11.3. The number of likely N-dealkylation sites (tertiary alicyclic amines) is 1. The summed E-state index contributed by atoms with van der Waals surface area (Å²) in [4.78, 5) is 2.71. The highest BCUT2D eigenvalue weighted by molar-refractivity contribution is 5.19. The van der Waals surface area contributed by atoms with Crippen molar-refractivity contribution in [2.75, 3.05) is 19.6 Å². The summed E-state index contributed by atoms with van der Waals surface area (Å²) in [5, 5.41) is 3.65. The highest BCUT2D eigenvalue weighted by Crippen LogP contribution is 2.32. The lowest BCUT2D eigenvalue weighted by molar-refractivity contribution is 0.111. The van der Waals surface area contributed by atoms with E-state index in [0.717, 1.165) is 12.0 Å². The van der Waals surface area contributed by atoms with Gasteiger partial charge in [-0.25, -0.2) is 0 Å². The Morgan fingerprint density at radius 1 is 1.28 bits per heavy atom. The van der Waals surface area contributed by atoms with Crippen molar-refractivity contribution in [3.8, 4) is 0 Å². The average Bonchev–Trinajstić information content (AvgIpc) is 2.88. The fraction of sp³-hybridized carbons (Fsp3) is 0.625. The molecule has 0 radical (unpaired) electrons. The van der Waals surface area contributed by atoms with Gasteiger partial charge in [0.15, 0.2) is 0 Å². The van der Waals surface area contributed by atoms with Crippen molar-refractivity contribution in [1.82, 2.24) is 10.2 Å². The Bertz CT molecular complexity index is 376. The molecule has 1 aromatic rings. The third-order valence-corrected chi connectivity index (χ3v) is 4.70. The topological polar surface area (TPSA) is 15.3 Å². The summed E-state index contributed by atoms with van der Waals surface area (Å²) in [6, 6.07) is 12.4. The van der Waals surface area contributed by atoms with E-state index in [1.807, 2.05) is 0 Å². The largest absolute Gasteiger partial charge is 0.314 e. The average molecular weight is 244 g/mol. The summed E-state index contributed by atoms with van der Waals surface area (Å²) in [5.41, 5.74) is 1.49. The lowest BCUT2D eigenvalue weighted by atomic mass is 9.90. The van der Waals surface area contributed by atoms with E-state index < -0.39 is 0 Å². The molecule has 0 bridgehead atoms. The fourth-order valence-corrected chi connectivity index (χ4v) is 3.74. The maximum Gasteiger partial charge on any atom is 0.0345 e. The molecule has 0 aliphatic carbocycles. The van der Waals surface area contributed by atoms with Crippen molar-refractivity contribution in [3.63, 3.8) is 0 Å². The summed E-state index contributed by atoms with van der Waals surface area (Å²) in [6.07, 6.45) is 3.91. The zero-order chi connectivity index (χ0) is 12.4. The second-order valence-corrected chi connectivity index (χ2v) is 5.73. The van der Waals surface area contributed by atoms with Gasteiger partial charge in [0.05, 0.1) is 0 Å². The third-order valence-electron chi connectivity index (χ3n) is 4.70. The number of benzene rings is 1. The van der Waals surface area contributed by atoms with Gasteiger partial charge in [0.1, 0.15) is 0 Å². The lowest BCUT2D eigenvalue weighted by Gasteiger charge is -2.39. The second kappa shape index (κ2) is 5.41. The highest BCUT2D eigenvalue weighted by atomic mass is 15.2. The molecule has 18 heavy (non-hydrogen) atoms. The molecule has 2 aliphatic heterocycles. The van der Waals surface area contributed by atoms with Gasteiger partial charge >= 0.3 is 0 Å². The Balaban J connectivity index is 1.72. The van der Waals surface area contributed by atoms with Crippen LogP contribution in [0, 0.1) is 5.92 Å². The van der Waals surface area contributed by atoms with Crippen LogP contribution in [0.1, 0.15) is 37.8 Å². The summed E-state index contributed by atoms with van der Waals surface area (Å²) >= 11 is 0. The molecule has 1 aromatic carbocycles. The molecule has 2 saturated heterocycles. The highest BCUT2D eigenvalue weighted by Gasteiger charge is 2.34. The molecule has 0 aromatic heterocycles. The molecule has 2 fully saturated rings. The molecule has 0 amide bonds. The molecule has 3 atom stereocenters. The first-order valence-corrected chi connectivity index (χ1v) is 7.41. The van der Waals surface area contributed by atoms with Gasteiger partial charge in [-0.3, -0.25) is 4.90 Å². The predicted octanol–water partition coefficient (Wildman–Crippen LogP) is 2.82. The molecule has 1 N–H and O–H groups in total. The van der Waals surface area contributed by atoms with Gasteiger partial charge in [-0.15, -0.1) is 0 Å². The van der Waals surface area contributed by atoms with Crippen LogP contribution < -0.4 is 5.32 Å². The summed E-state index contributed by atoms with van der Waals surface area (Å²) in [5.74, 6) is 0.886. The molecule has 2 aliphatic rings. The van der Waals surface area contributed by atoms with E-state index in [4.69, 9.17) is 0 Å². The monoisotopic (exact) mass is 244 g/mol. The molecule has 2 nitrogen and oxygen atoms in total. The van der Waals surface area contributed by atoms with Crippen LogP contribution in [-0.4, -0.2) is 30.6 Å². The van der Waals surface area contributed by atoms with Gasteiger partial charge in [0.2, 0.25) is 0 Å². The number of hydrogen-bond acceptors (Lipinski definition) is 2. The van der Waals surface area contributed by atoms with Gasteiger partial charge in [-0.05, 0) is 37.3 Å². The van der Waals surface area contributed by atoms with Crippen molar-refractivity contribution < 1.29 is 0 Å². The smallest absolute Gasteiger partial charge is 0.0345 e. The van der Waals surface area contributed by atoms with E-state index in [1.165, 1.54) is 44.5 Å². The lowest BCUT2D eigenvalue weighted by Crippen LogP contribution is -2.45. The van der Waals surface area contributed by atoms with Crippen LogP contribution in [0.2, 0.25) is 0 Å². The van der Waals surface area contributed by atoms with Gasteiger partial charge < -0.3 is 5.32 Å². The Morgan fingerprint density at radius 2 is 2.11 bits per heavy atom. The van der Waals surface area contributed by atoms with Crippen molar-refractivity contribution >= 4 is 0 Å². The number of rotatable bonds is 3. The van der Waals surface area contributed by atoms with Gasteiger partial charge in [0, 0.05) is 25.2 Å². The number of piperidine rings is 1. The summed E-state index contributed by atoms with van der Waals surface area (Å²) < 4.78 is 0. The van der Waals surface area contributed by atoms with Crippen LogP contribution in [0.25, 0.3) is 0 Å². The molecule has 3 rings (SSSR count). The van der Waals surface area contributed by atoms with Crippen LogP contribution in [0.3, 0.4) is 0 Å². The van der Waals surface area contributed by atoms with E-state index in [1.54, 1.807) is 0 Å². The quantitative estimate of drug-likeness (QED) is 0.879. The molecule has 2 heterocycles. The van der Waals surface area contributed by atoms with Crippen LogP contribution >= 0.6 is 0 Å². The van der Waals surface area contributed by atoms with Crippen LogP contribution in [-0.2, 0) is 0 Å². The SMILES string of the molecule is CCC(c1ccccc1)N1CCC2NCCC2C1. The molecule has 0 saturated carbocycles. The second-order valence-electron chi connectivity index (χ2n) is 5.73. The number of nitrogens with zero attached hydrogens (tertiary/aromatic N) is 1. The maximum atomic E-state index is 3.65. The first-order valence-electron chi connectivity index (χ1n) is 7.41. The van der Waals surface area contributed by atoms with Crippen LogP contribution in [0.15, 0.2) is 30.3 Å². The Hall–Kier alpha value is -0.860. The van der Waals surface area contributed by atoms with E-state index >= 15 is 0 Å². The van der Waals surface area contributed by atoms with Crippen molar-refractivity contribution in [1.29, 1.82) is 0 Å². The van der Waals surface area contributed by atoms with Gasteiger partial charge in [0.25, 0.3) is 0 Å². The number of fused-ring (bicyclic) bond motifs is 1. The number of nitrogens with one attached hydrogen (secondary N) is 1. The number of hydrogen-bond donors (Lipinski definition) is 1. The summed E-state index contributed by atoms with van der Waals surface area (Å²) in [6.45, 7) is 6.08. The molecule has 0 spiro atoms. The minimum atomic E-state index is 0.618. The van der Waals surface area contributed by atoms with Crippen LogP contribution in [0.4, 0.5) is 0 Å². The molecular formula is C16H24N2. The predicted molar refractivity (Wildman–Crippen MR) is 75.6 cm³/mol. The minimum Gasteiger partial charge on any atom is -0.314 e. The molecular weight excluding hydrogens is 220 g/mol. The summed E-state index contributed by atoms with van der Waals surface area (Å²) in [7, 11) is 0. The Kier molecular flexibility index (Phi) is 3.67. The van der Waals surface area contributed by atoms with E-state index in [0.29, 0.717) is 6.04 Å². The minimum absolute atomic E-state index is 0.618. The fourth-order valence-electron chi connectivity index (χ4n) is 3.74. The third kappa shape index (κ3) is 2.32. The van der Waals surface area contributed by atoms with E-state index in [-0.39, 0.29) is 0 Å².